The van der Waals surface area contributed by atoms with E-state index >= 15 is 0 Å². The molecule has 2 rings (SSSR count). The predicted molar refractivity (Wildman–Crippen MR) is 86.6 cm³/mol. The van der Waals surface area contributed by atoms with Crippen LogP contribution in [0.25, 0.3) is 0 Å². The second kappa shape index (κ2) is 7.54. The van der Waals surface area contributed by atoms with Gasteiger partial charge in [-0.05, 0) is 49.6 Å². The van der Waals surface area contributed by atoms with Crippen molar-refractivity contribution in [1.29, 1.82) is 0 Å². The molecule has 0 aromatic heterocycles. The molecular weight excluding hydrogens is 315 g/mol. The van der Waals surface area contributed by atoms with Crippen LogP contribution in [0.1, 0.15) is 27.9 Å². The largest absolute Gasteiger partial charge is 0.508 e. The average Bonchev–Trinajstić information content (AvgIpc) is 2.51. The summed E-state index contributed by atoms with van der Waals surface area (Å²) < 4.78 is 13.5. The molecule has 0 radical (unpaired) electrons. The van der Waals surface area contributed by atoms with Crippen molar-refractivity contribution in [2.24, 2.45) is 0 Å². The second-order valence-electron chi connectivity index (χ2n) is 5.40. The Hall–Kier alpha value is -2.96. The van der Waals surface area contributed by atoms with Crippen LogP contribution in [0.3, 0.4) is 0 Å². The molecule has 0 spiro atoms. The zero-order valence-corrected chi connectivity index (χ0v) is 13.1. The van der Waals surface area contributed by atoms with Crippen LogP contribution in [-0.2, 0) is 6.42 Å². The normalized spacial score (nSPS) is 10.4. The summed E-state index contributed by atoms with van der Waals surface area (Å²) in [6.45, 7) is 1.69. The lowest BCUT2D eigenvalue weighted by Crippen LogP contribution is -2.26. The average molecular weight is 332 g/mol. The van der Waals surface area contributed by atoms with Crippen LogP contribution in [0.5, 0.6) is 5.75 Å². The minimum Gasteiger partial charge on any atom is -0.508 e. The summed E-state index contributed by atoms with van der Waals surface area (Å²) in [7, 11) is 0. The molecule has 0 bridgehead atoms. The van der Waals surface area contributed by atoms with Crippen molar-refractivity contribution in [3.8, 4) is 5.75 Å². The lowest BCUT2D eigenvalue weighted by atomic mass is 10.1. The number of nitro groups is 1. The summed E-state index contributed by atoms with van der Waals surface area (Å²) in [5.41, 5.74) is 0.443. The summed E-state index contributed by atoms with van der Waals surface area (Å²) in [4.78, 5) is 22.5. The number of hydrogen-bond donors (Lipinski definition) is 2. The highest BCUT2D eigenvalue weighted by Gasteiger charge is 2.23. The Balaban J connectivity index is 1.97. The smallest absolute Gasteiger partial charge is 0.285 e. The molecular formula is C17H17FN2O4. The van der Waals surface area contributed by atoms with E-state index in [4.69, 9.17) is 0 Å². The summed E-state index contributed by atoms with van der Waals surface area (Å²) in [6.07, 6.45) is 1.28. The summed E-state index contributed by atoms with van der Waals surface area (Å²) in [6, 6.07) is 8.61. The first kappa shape index (κ1) is 17.4. The van der Waals surface area contributed by atoms with E-state index in [2.05, 4.69) is 5.32 Å². The molecule has 2 N–H and O–H groups in total. The van der Waals surface area contributed by atoms with Crippen molar-refractivity contribution in [2.45, 2.75) is 19.8 Å². The molecule has 0 aliphatic rings. The standard InChI is InChI=1S/C17H17FN2O4/c1-11-9-13(18)10-15(16(11)20(23)24)17(22)19-8-2-3-12-4-6-14(21)7-5-12/h4-7,9-10,21H,2-3,8H2,1H3,(H,19,22). The van der Waals surface area contributed by atoms with Gasteiger partial charge in [0.15, 0.2) is 0 Å². The van der Waals surface area contributed by atoms with Crippen molar-refractivity contribution in [3.05, 3.63) is 69.0 Å². The first-order chi connectivity index (χ1) is 11.4. The predicted octanol–water partition coefficient (Wildman–Crippen LogP) is 3.11. The molecule has 2 aromatic rings. The first-order valence-electron chi connectivity index (χ1n) is 7.39. The maximum absolute atomic E-state index is 13.5. The van der Waals surface area contributed by atoms with Crippen molar-refractivity contribution in [1.82, 2.24) is 5.32 Å². The Kier molecular flexibility index (Phi) is 5.47. The van der Waals surface area contributed by atoms with E-state index in [1.807, 2.05) is 0 Å². The molecule has 1 amide bonds. The number of aryl methyl sites for hydroxylation is 2. The highest BCUT2D eigenvalue weighted by atomic mass is 19.1. The van der Waals surface area contributed by atoms with Gasteiger partial charge in [-0.2, -0.15) is 0 Å². The zero-order chi connectivity index (χ0) is 17.7. The Morgan fingerprint density at radius 2 is 1.96 bits per heavy atom. The van der Waals surface area contributed by atoms with Gasteiger partial charge in [-0.25, -0.2) is 4.39 Å². The number of nitrogens with zero attached hydrogens (tertiary/aromatic N) is 1. The highest BCUT2D eigenvalue weighted by Crippen LogP contribution is 2.24. The molecule has 0 aliphatic carbocycles. The SMILES string of the molecule is Cc1cc(F)cc(C(=O)NCCCc2ccc(O)cc2)c1[N+](=O)[O-]. The number of halogens is 1. The van der Waals surface area contributed by atoms with Crippen molar-refractivity contribution < 1.29 is 19.2 Å². The number of aromatic hydroxyl groups is 1. The number of rotatable bonds is 6. The van der Waals surface area contributed by atoms with Gasteiger partial charge in [0.25, 0.3) is 11.6 Å². The monoisotopic (exact) mass is 332 g/mol. The minimum absolute atomic E-state index is 0.106. The van der Waals surface area contributed by atoms with Gasteiger partial charge >= 0.3 is 0 Å². The number of phenols is 1. The first-order valence-corrected chi connectivity index (χ1v) is 7.39. The van der Waals surface area contributed by atoms with E-state index in [9.17, 15) is 24.4 Å². The number of nitrogens with one attached hydrogen (secondary N) is 1. The van der Waals surface area contributed by atoms with Gasteiger partial charge in [-0.15, -0.1) is 0 Å². The Morgan fingerprint density at radius 3 is 2.58 bits per heavy atom. The fourth-order valence-corrected chi connectivity index (χ4v) is 2.40. The maximum Gasteiger partial charge on any atom is 0.285 e. The fourth-order valence-electron chi connectivity index (χ4n) is 2.40. The molecule has 6 nitrogen and oxygen atoms in total. The molecule has 0 atom stereocenters. The fraction of sp³-hybridized carbons (Fsp3) is 0.235. The van der Waals surface area contributed by atoms with Gasteiger partial charge < -0.3 is 10.4 Å². The van der Waals surface area contributed by atoms with Crippen LogP contribution in [0.4, 0.5) is 10.1 Å². The number of nitro benzene ring substituents is 1. The summed E-state index contributed by atoms with van der Waals surface area (Å²) in [5.74, 6) is -1.18. The molecule has 7 heteroatoms. The van der Waals surface area contributed by atoms with Crippen molar-refractivity contribution in [3.63, 3.8) is 0 Å². The third kappa shape index (κ3) is 4.28. The molecule has 0 fully saturated rings. The number of hydrogen-bond acceptors (Lipinski definition) is 4. The highest BCUT2D eigenvalue weighted by molar-refractivity contribution is 5.98. The maximum atomic E-state index is 13.5. The van der Waals surface area contributed by atoms with Gasteiger partial charge in [0.2, 0.25) is 0 Å². The lowest BCUT2D eigenvalue weighted by molar-refractivity contribution is -0.385. The van der Waals surface area contributed by atoms with E-state index in [1.54, 1.807) is 24.3 Å². The van der Waals surface area contributed by atoms with Crippen molar-refractivity contribution >= 4 is 11.6 Å². The third-order valence-electron chi connectivity index (χ3n) is 3.56. The van der Waals surface area contributed by atoms with Crippen LogP contribution in [-0.4, -0.2) is 22.5 Å². The van der Waals surface area contributed by atoms with Crippen LogP contribution < -0.4 is 5.32 Å². The van der Waals surface area contributed by atoms with Crippen LogP contribution >= 0.6 is 0 Å². The van der Waals surface area contributed by atoms with E-state index in [0.29, 0.717) is 19.4 Å². The molecule has 0 aliphatic heterocycles. The van der Waals surface area contributed by atoms with E-state index in [-0.39, 0.29) is 22.6 Å². The number of phenolic OH excluding ortho intramolecular Hbond substituents is 1. The Labute approximate surface area is 138 Å². The van der Waals surface area contributed by atoms with Gasteiger partial charge in [-0.1, -0.05) is 12.1 Å². The van der Waals surface area contributed by atoms with Gasteiger partial charge in [-0.3, -0.25) is 14.9 Å². The third-order valence-corrected chi connectivity index (χ3v) is 3.56. The molecule has 24 heavy (non-hydrogen) atoms. The van der Waals surface area contributed by atoms with Gasteiger partial charge in [0.05, 0.1) is 4.92 Å². The van der Waals surface area contributed by atoms with Crippen LogP contribution in [0.2, 0.25) is 0 Å². The van der Waals surface area contributed by atoms with E-state index in [1.165, 1.54) is 6.92 Å². The summed E-state index contributed by atoms with van der Waals surface area (Å²) in [5, 5.41) is 22.9. The van der Waals surface area contributed by atoms with Crippen LogP contribution in [0.15, 0.2) is 36.4 Å². The molecule has 0 saturated heterocycles. The Bertz CT molecular complexity index is 760. The molecule has 2 aromatic carbocycles. The molecule has 126 valence electrons. The van der Waals surface area contributed by atoms with Crippen molar-refractivity contribution in [2.75, 3.05) is 6.54 Å². The topological polar surface area (TPSA) is 92.5 Å². The summed E-state index contributed by atoms with van der Waals surface area (Å²) >= 11 is 0. The lowest BCUT2D eigenvalue weighted by Gasteiger charge is -2.08. The van der Waals surface area contributed by atoms with E-state index in [0.717, 1.165) is 17.7 Å². The minimum atomic E-state index is -0.688. The molecule has 0 heterocycles. The van der Waals surface area contributed by atoms with Gasteiger partial charge in [0, 0.05) is 12.1 Å². The second-order valence-corrected chi connectivity index (χ2v) is 5.40. The zero-order valence-electron chi connectivity index (χ0n) is 13.1. The quantitative estimate of drug-likeness (QED) is 0.483. The van der Waals surface area contributed by atoms with Gasteiger partial charge in [0.1, 0.15) is 17.1 Å². The Morgan fingerprint density at radius 1 is 1.29 bits per heavy atom. The number of amides is 1. The molecule has 0 saturated carbocycles. The number of carbonyl (C=O) groups excluding carboxylic acids is 1. The van der Waals surface area contributed by atoms with E-state index < -0.39 is 16.6 Å². The van der Waals surface area contributed by atoms with Crippen LogP contribution in [0, 0.1) is 22.9 Å². The number of carbonyl (C=O) groups is 1. The number of benzene rings is 2. The molecule has 0 unspecified atom stereocenters.